The maximum absolute atomic E-state index is 13.4. The van der Waals surface area contributed by atoms with Crippen LogP contribution in [-0.2, 0) is 6.42 Å². The van der Waals surface area contributed by atoms with Crippen LogP contribution in [0.4, 0.5) is 4.39 Å². The highest BCUT2D eigenvalue weighted by Gasteiger charge is 2.26. The third-order valence-corrected chi connectivity index (χ3v) is 4.32. The van der Waals surface area contributed by atoms with Crippen LogP contribution in [0.5, 0.6) is 0 Å². The van der Waals surface area contributed by atoms with Crippen LogP contribution in [0.2, 0.25) is 0 Å². The van der Waals surface area contributed by atoms with Gasteiger partial charge >= 0.3 is 0 Å². The quantitative estimate of drug-likeness (QED) is 0.807. The fourth-order valence-corrected chi connectivity index (χ4v) is 2.94. The second-order valence-corrected chi connectivity index (χ2v) is 5.74. The molecule has 0 unspecified atom stereocenters. The number of H-pyrrole nitrogens is 1. The predicted molar refractivity (Wildman–Crippen MR) is 79.4 cm³/mol. The highest BCUT2D eigenvalue weighted by Crippen LogP contribution is 2.36. The highest BCUT2D eigenvalue weighted by molar-refractivity contribution is 5.37. The fraction of sp³-hybridized carbons (Fsp3) is 0.312. The molecule has 6 heteroatoms. The van der Waals surface area contributed by atoms with Crippen LogP contribution in [0, 0.1) is 5.82 Å². The zero-order chi connectivity index (χ0) is 15.1. The lowest BCUT2D eigenvalue weighted by Crippen LogP contribution is -2.26. The molecule has 4 rings (SSSR count). The number of fused-ring (bicyclic) bond motifs is 1. The predicted octanol–water partition coefficient (Wildman–Crippen LogP) is 2.41. The van der Waals surface area contributed by atoms with Gasteiger partial charge in [0.05, 0.1) is 5.69 Å². The molecule has 0 amide bonds. The summed E-state index contributed by atoms with van der Waals surface area (Å²) in [6.07, 6.45) is 5.09. The van der Waals surface area contributed by atoms with Crippen LogP contribution in [0.1, 0.15) is 42.0 Å². The van der Waals surface area contributed by atoms with Gasteiger partial charge in [-0.2, -0.15) is 4.52 Å². The molecule has 0 aliphatic heterocycles. The van der Waals surface area contributed by atoms with Gasteiger partial charge in [-0.05, 0) is 30.5 Å². The molecule has 22 heavy (non-hydrogen) atoms. The molecule has 3 aromatic rings. The first kappa shape index (κ1) is 13.2. The van der Waals surface area contributed by atoms with Crippen LogP contribution in [0.3, 0.4) is 0 Å². The van der Waals surface area contributed by atoms with E-state index in [1.54, 1.807) is 6.07 Å². The molecule has 2 heterocycles. The lowest BCUT2D eigenvalue weighted by atomic mass is 9.80. The monoisotopic (exact) mass is 298 g/mol. The molecule has 2 aromatic heterocycles. The summed E-state index contributed by atoms with van der Waals surface area (Å²) in [5, 5.41) is 2.78. The van der Waals surface area contributed by atoms with E-state index in [2.05, 4.69) is 15.1 Å². The van der Waals surface area contributed by atoms with Gasteiger partial charge in [0, 0.05) is 17.9 Å². The molecule has 0 saturated heterocycles. The largest absolute Gasteiger partial charge is 0.278 e. The van der Waals surface area contributed by atoms with Crippen LogP contribution in [0.15, 0.2) is 35.4 Å². The minimum absolute atomic E-state index is 0.145. The van der Waals surface area contributed by atoms with E-state index in [0.717, 1.165) is 30.5 Å². The Bertz CT molecular complexity index is 895. The topological polar surface area (TPSA) is 63.0 Å². The minimum Gasteiger partial charge on any atom is -0.278 e. The van der Waals surface area contributed by atoms with E-state index < -0.39 is 0 Å². The standard InChI is InChI=1S/C16H15FN4O/c17-12-6-1-3-10(7-12)8-13-14(11-4-2-5-11)20-16-18-9-19-21(16)15(13)22/h1,3,6-7,9,11H,2,4-5,8H2,(H,18,19,20). The Morgan fingerprint density at radius 1 is 1.36 bits per heavy atom. The van der Waals surface area contributed by atoms with Gasteiger partial charge in [0.25, 0.3) is 11.3 Å². The van der Waals surface area contributed by atoms with Crippen molar-refractivity contribution in [2.24, 2.45) is 0 Å². The van der Waals surface area contributed by atoms with Gasteiger partial charge in [-0.1, -0.05) is 18.6 Å². The Labute approximate surface area is 125 Å². The number of rotatable bonds is 3. The van der Waals surface area contributed by atoms with E-state index in [-0.39, 0.29) is 11.4 Å². The molecule has 112 valence electrons. The van der Waals surface area contributed by atoms with E-state index in [0.29, 0.717) is 23.7 Å². The molecule has 1 aliphatic carbocycles. The van der Waals surface area contributed by atoms with Crippen LogP contribution >= 0.6 is 0 Å². The normalized spacial score (nSPS) is 15.1. The number of hydrogen-bond donors (Lipinski definition) is 1. The van der Waals surface area contributed by atoms with E-state index in [4.69, 9.17) is 0 Å². The van der Waals surface area contributed by atoms with E-state index in [9.17, 15) is 9.18 Å². The van der Waals surface area contributed by atoms with Crippen molar-refractivity contribution >= 4 is 5.78 Å². The van der Waals surface area contributed by atoms with Gasteiger partial charge in [-0.3, -0.25) is 9.89 Å². The van der Waals surface area contributed by atoms with Gasteiger partial charge in [0.1, 0.15) is 12.1 Å². The number of halogens is 1. The van der Waals surface area contributed by atoms with Crippen molar-refractivity contribution in [2.75, 3.05) is 0 Å². The van der Waals surface area contributed by atoms with Crippen molar-refractivity contribution < 1.29 is 4.39 Å². The zero-order valence-electron chi connectivity index (χ0n) is 11.9. The second kappa shape index (κ2) is 5.05. The number of aromatic nitrogens is 4. The summed E-state index contributed by atoms with van der Waals surface area (Å²) in [6, 6.07) is 6.35. The van der Waals surface area contributed by atoms with Crippen LogP contribution in [-0.4, -0.2) is 19.6 Å². The summed E-state index contributed by atoms with van der Waals surface area (Å²) in [4.78, 5) is 21.3. The first-order valence-electron chi connectivity index (χ1n) is 7.42. The molecule has 0 bridgehead atoms. The molecule has 0 spiro atoms. The van der Waals surface area contributed by atoms with Gasteiger partial charge in [0.2, 0.25) is 0 Å². The molecular formula is C16H15FN4O. The first-order chi connectivity index (χ1) is 10.7. The molecule has 5 nitrogen and oxygen atoms in total. The number of nitrogens with one attached hydrogen (secondary N) is 1. The summed E-state index contributed by atoms with van der Waals surface area (Å²) in [5.41, 5.74) is 2.09. The summed E-state index contributed by atoms with van der Waals surface area (Å²) in [6.45, 7) is 0. The van der Waals surface area contributed by atoms with Gasteiger partial charge in [-0.15, -0.1) is 0 Å². The smallest absolute Gasteiger partial charge is 0.277 e. The highest BCUT2D eigenvalue weighted by atomic mass is 19.1. The van der Waals surface area contributed by atoms with Gasteiger partial charge < -0.3 is 0 Å². The Kier molecular flexibility index (Phi) is 3.03. The van der Waals surface area contributed by atoms with Crippen molar-refractivity contribution in [3.8, 4) is 0 Å². The number of hydrogen-bond acceptors (Lipinski definition) is 3. The second-order valence-electron chi connectivity index (χ2n) is 5.74. The number of nitrogens with zero attached hydrogens (tertiary/aromatic N) is 3. The molecule has 1 saturated carbocycles. The zero-order valence-corrected chi connectivity index (χ0v) is 11.9. The first-order valence-corrected chi connectivity index (χ1v) is 7.42. The SMILES string of the molecule is O=c1c(Cc2cccc(F)c2)c(C2CCC2)nc2nc[nH]n12. The van der Waals surface area contributed by atoms with E-state index in [1.165, 1.54) is 23.0 Å². The fourth-order valence-electron chi connectivity index (χ4n) is 2.94. The van der Waals surface area contributed by atoms with Crippen molar-refractivity contribution in [2.45, 2.75) is 31.6 Å². The summed E-state index contributed by atoms with van der Waals surface area (Å²) < 4.78 is 14.7. The Morgan fingerprint density at radius 2 is 2.23 bits per heavy atom. The number of aromatic amines is 1. The van der Waals surface area contributed by atoms with Crippen molar-refractivity contribution in [3.05, 3.63) is 63.6 Å². The van der Waals surface area contributed by atoms with E-state index >= 15 is 0 Å². The van der Waals surface area contributed by atoms with Crippen molar-refractivity contribution in [3.63, 3.8) is 0 Å². The third kappa shape index (κ3) is 2.11. The molecule has 0 atom stereocenters. The maximum Gasteiger partial charge on any atom is 0.277 e. The van der Waals surface area contributed by atoms with E-state index in [1.807, 2.05) is 6.07 Å². The average molecular weight is 298 g/mol. The Morgan fingerprint density at radius 3 is 2.95 bits per heavy atom. The van der Waals surface area contributed by atoms with Gasteiger partial charge in [-0.25, -0.2) is 14.4 Å². The van der Waals surface area contributed by atoms with Gasteiger partial charge in [0.15, 0.2) is 0 Å². The lowest BCUT2D eigenvalue weighted by Gasteiger charge is -2.26. The number of benzene rings is 1. The Hall–Kier alpha value is -2.50. The maximum atomic E-state index is 13.4. The van der Waals surface area contributed by atoms with Crippen LogP contribution < -0.4 is 5.56 Å². The van der Waals surface area contributed by atoms with Crippen molar-refractivity contribution in [1.82, 2.24) is 19.6 Å². The molecule has 1 N–H and O–H groups in total. The Balaban J connectivity index is 1.86. The molecule has 1 aromatic carbocycles. The molecule has 1 fully saturated rings. The third-order valence-electron chi connectivity index (χ3n) is 4.32. The molecular weight excluding hydrogens is 283 g/mol. The minimum atomic E-state index is -0.293. The molecule has 1 aliphatic rings. The summed E-state index contributed by atoms with van der Waals surface area (Å²) in [7, 11) is 0. The lowest BCUT2D eigenvalue weighted by molar-refractivity contribution is 0.408. The van der Waals surface area contributed by atoms with Crippen LogP contribution in [0.25, 0.3) is 5.78 Å². The average Bonchev–Trinajstić information content (AvgIpc) is 2.90. The summed E-state index contributed by atoms with van der Waals surface area (Å²) in [5.74, 6) is 0.422. The van der Waals surface area contributed by atoms with Crippen molar-refractivity contribution in [1.29, 1.82) is 0 Å². The molecule has 0 radical (unpaired) electrons. The summed E-state index contributed by atoms with van der Waals surface area (Å²) >= 11 is 0.